The first-order chi connectivity index (χ1) is 11.1. The van der Waals surface area contributed by atoms with Gasteiger partial charge in [0.2, 0.25) is 0 Å². The summed E-state index contributed by atoms with van der Waals surface area (Å²) in [5, 5.41) is 11.0. The second-order valence-corrected chi connectivity index (χ2v) is 11.0. The Morgan fingerprint density at radius 1 is 1.04 bits per heavy atom. The summed E-state index contributed by atoms with van der Waals surface area (Å²) in [5.41, 5.74) is 1.56. The van der Waals surface area contributed by atoms with E-state index in [1.807, 2.05) is 18.2 Å². The van der Waals surface area contributed by atoms with Crippen LogP contribution in [0.15, 0.2) is 54.6 Å². The summed E-state index contributed by atoms with van der Waals surface area (Å²) >= 11 is 0. The van der Waals surface area contributed by atoms with E-state index in [9.17, 15) is 5.11 Å². The lowest BCUT2D eigenvalue weighted by atomic mass is 10.1. The van der Waals surface area contributed by atoms with E-state index >= 15 is 0 Å². The van der Waals surface area contributed by atoms with E-state index in [1.54, 1.807) is 7.11 Å². The third-order valence-corrected chi connectivity index (χ3v) is 8.60. The van der Waals surface area contributed by atoms with Gasteiger partial charge in [-0.25, -0.2) is 0 Å². The summed E-state index contributed by atoms with van der Waals surface area (Å²) in [6, 6.07) is 18.8. The van der Waals surface area contributed by atoms with Gasteiger partial charge in [-0.05, 0) is 29.7 Å². The van der Waals surface area contributed by atoms with Gasteiger partial charge in [0.05, 0.1) is 8.07 Å². The molecule has 0 saturated heterocycles. The summed E-state index contributed by atoms with van der Waals surface area (Å²) in [5.74, 6) is 0.810. The van der Waals surface area contributed by atoms with Crippen molar-refractivity contribution in [3.05, 3.63) is 60.2 Å². The zero-order valence-corrected chi connectivity index (χ0v) is 15.2. The Labute approximate surface area is 139 Å². The molecule has 0 fully saturated rings. The number of hydrogen-bond acceptors (Lipinski definition) is 3. The highest BCUT2D eigenvalue weighted by molar-refractivity contribution is 6.90. The summed E-state index contributed by atoms with van der Waals surface area (Å²) in [6.07, 6.45) is 0.766. The molecule has 0 spiro atoms. The number of aliphatic hydroxyl groups is 1. The summed E-state index contributed by atoms with van der Waals surface area (Å²) in [7, 11) is -0.157. The molecule has 4 heteroatoms. The molecule has 0 bridgehead atoms. The minimum absolute atomic E-state index is 0.192. The average molecular weight is 330 g/mol. The first-order valence-corrected chi connectivity index (χ1v) is 11.1. The molecule has 0 aliphatic carbocycles. The number of ether oxygens (including phenoxy) is 2. The van der Waals surface area contributed by atoms with E-state index in [0.717, 1.165) is 12.2 Å². The third kappa shape index (κ3) is 4.44. The standard InChI is InChI=1S/C19H26O3Si/c1-21-15-22-17-9-7-8-16(14-17)19(12-13-20)23(2,3)18-10-5-4-6-11-18/h4-11,14,19-20H,12-13,15H2,1-3H3/t19-/m0/s1. The minimum Gasteiger partial charge on any atom is -0.468 e. The van der Waals surface area contributed by atoms with Crippen molar-refractivity contribution in [2.75, 3.05) is 20.5 Å². The van der Waals surface area contributed by atoms with Crippen molar-refractivity contribution in [1.82, 2.24) is 0 Å². The molecule has 3 nitrogen and oxygen atoms in total. The number of rotatable bonds is 8. The topological polar surface area (TPSA) is 38.7 Å². The lowest BCUT2D eigenvalue weighted by Crippen LogP contribution is -2.48. The molecule has 0 amide bonds. The number of methoxy groups -OCH3 is 1. The van der Waals surface area contributed by atoms with E-state index < -0.39 is 8.07 Å². The van der Waals surface area contributed by atoms with Crippen LogP contribution in [-0.2, 0) is 4.74 Å². The van der Waals surface area contributed by atoms with Crippen LogP contribution in [0.1, 0.15) is 17.5 Å². The molecule has 0 aromatic heterocycles. The number of benzene rings is 2. The van der Waals surface area contributed by atoms with Crippen LogP contribution in [0.2, 0.25) is 13.1 Å². The highest BCUT2D eigenvalue weighted by Crippen LogP contribution is 2.32. The van der Waals surface area contributed by atoms with E-state index in [0.29, 0.717) is 5.54 Å². The maximum absolute atomic E-state index is 9.59. The number of aliphatic hydroxyl groups excluding tert-OH is 1. The third-order valence-electron chi connectivity index (χ3n) is 4.41. The van der Waals surface area contributed by atoms with Crippen LogP contribution in [0.3, 0.4) is 0 Å². The average Bonchev–Trinajstić information content (AvgIpc) is 2.58. The SMILES string of the molecule is COCOc1cccc([C@H](CCO)[Si](C)(C)c2ccccc2)c1. The Balaban J connectivity index is 2.34. The van der Waals surface area contributed by atoms with Crippen LogP contribution in [0.25, 0.3) is 0 Å². The second kappa shape index (κ2) is 8.29. The summed E-state index contributed by atoms with van der Waals surface area (Å²) in [6.45, 7) is 5.17. The summed E-state index contributed by atoms with van der Waals surface area (Å²) < 4.78 is 10.5. The highest BCUT2D eigenvalue weighted by Gasteiger charge is 2.34. The van der Waals surface area contributed by atoms with Crippen molar-refractivity contribution in [3.8, 4) is 5.75 Å². The Kier molecular flexibility index (Phi) is 6.39. The largest absolute Gasteiger partial charge is 0.468 e. The fourth-order valence-electron chi connectivity index (χ4n) is 3.09. The van der Waals surface area contributed by atoms with Gasteiger partial charge in [-0.1, -0.05) is 60.7 Å². The van der Waals surface area contributed by atoms with Crippen molar-refractivity contribution in [2.24, 2.45) is 0 Å². The molecule has 0 unspecified atom stereocenters. The van der Waals surface area contributed by atoms with Gasteiger partial charge >= 0.3 is 0 Å². The van der Waals surface area contributed by atoms with Gasteiger partial charge in [0.25, 0.3) is 0 Å². The summed E-state index contributed by atoms with van der Waals surface area (Å²) in [4.78, 5) is 0. The normalized spacial score (nSPS) is 12.9. The lowest BCUT2D eigenvalue weighted by molar-refractivity contribution is 0.0510. The van der Waals surface area contributed by atoms with Crippen molar-refractivity contribution < 1.29 is 14.6 Å². The van der Waals surface area contributed by atoms with Crippen molar-refractivity contribution in [2.45, 2.75) is 25.1 Å². The number of hydrogen-bond donors (Lipinski definition) is 1. The van der Waals surface area contributed by atoms with Crippen LogP contribution in [0.5, 0.6) is 5.75 Å². The first kappa shape index (κ1) is 17.7. The van der Waals surface area contributed by atoms with Gasteiger partial charge in [-0.2, -0.15) is 0 Å². The molecule has 0 radical (unpaired) electrons. The molecule has 0 saturated carbocycles. The fraction of sp³-hybridized carbons (Fsp3) is 0.368. The second-order valence-electron chi connectivity index (χ2n) is 6.28. The van der Waals surface area contributed by atoms with E-state index in [2.05, 4.69) is 49.5 Å². The molecular formula is C19H26O3Si. The molecule has 1 N–H and O–H groups in total. The van der Waals surface area contributed by atoms with E-state index in [1.165, 1.54) is 10.8 Å². The van der Waals surface area contributed by atoms with Crippen molar-refractivity contribution >= 4 is 13.3 Å². The molecule has 0 heterocycles. The van der Waals surface area contributed by atoms with Crippen molar-refractivity contribution in [3.63, 3.8) is 0 Å². The zero-order valence-electron chi connectivity index (χ0n) is 14.2. The van der Waals surface area contributed by atoms with Gasteiger partial charge < -0.3 is 14.6 Å². The van der Waals surface area contributed by atoms with Gasteiger partial charge in [0, 0.05) is 13.7 Å². The lowest BCUT2D eigenvalue weighted by Gasteiger charge is -2.33. The molecular weight excluding hydrogens is 304 g/mol. The maximum Gasteiger partial charge on any atom is 0.188 e. The predicted molar refractivity (Wildman–Crippen MR) is 96.9 cm³/mol. The highest BCUT2D eigenvalue weighted by atomic mass is 28.3. The molecule has 2 aromatic carbocycles. The monoisotopic (exact) mass is 330 g/mol. The maximum atomic E-state index is 9.59. The quantitative estimate of drug-likeness (QED) is 0.596. The van der Waals surface area contributed by atoms with Gasteiger partial charge in [-0.3, -0.25) is 0 Å². The van der Waals surface area contributed by atoms with Crippen LogP contribution in [-0.4, -0.2) is 33.7 Å². The van der Waals surface area contributed by atoms with E-state index in [-0.39, 0.29) is 13.4 Å². The van der Waals surface area contributed by atoms with E-state index in [4.69, 9.17) is 9.47 Å². The molecule has 0 aliphatic heterocycles. The fourth-order valence-corrected chi connectivity index (χ4v) is 6.41. The van der Waals surface area contributed by atoms with Gasteiger partial charge in [0.1, 0.15) is 5.75 Å². The minimum atomic E-state index is -1.77. The molecule has 1 atom stereocenters. The van der Waals surface area contributed by atoms with Crippen LogP contribution >= 0.6 is 0 Å². The molecule has 2 rings (SSSR count). The predicted octanol–water partition coefficient (Wildman–Crippen LogP) is 3.29. The Bertz CT molecular complexity index is 599. The Hall–Kier alpha value is -1.62. The van der Waals surface area contributed by atoms with Crippen LogP contribution < -0.4 is 9.92 Å². The van der Waals surface area contributed by atoms with Crippen LogP contribution in [0, 0.1) is 0 Å². The molecule has 124 valence electrons. The van der Waals surface area contributed by atoms with Crippen molar-refractivity contribution in [1.29, 1.82) is 0 Å². The zero-order chi connectivity index (χ0) is 16.7. The smallest absolute Gasteiger partial charge is 0.188 e. The van der Waals surface area contributed by atoms with Crippen LogP contribution in [0.4, 0.5) is 0 Å². The molecule has 0 aliphatic rings. The Morgan fingerprint density at radius 3 is 2.43 bits per heavy atom. The first-order valence-electron chi connectivity index (χ1n) is 7.97. The van der Waals surface area contributed by atoms with Gasteiger partial charge in [-0.15, -0.1) is 0 Å². The Morgan fingerprint density at radius 2 is 1.78 bits per heavy atom. The molecule has 23 heavy (non-hydrogen) atoms. The van der Waals surface area contributed by atoms with Gasteiger partial charge in [0.15, 0.2) is 6.79 Å². The molecule has 2 aromatic rings.